The quantitative estimate of drug-likeness (QED) is 0.346. The van der Waals surface area contributed by atoms with Crippen molar-refractivity contribution in [1.29, 1.82) is 0 Å². The highest BCUT2D eigenvalue weighted by Gasteiger charge is 2.44. The summed E-state index contributed by atoms with van der Waals surface area (Å²) < 4.78 is 47.4. The van der Waals surface area contributed by atoms with Gasteiger partial charge < -0.3 is 25.2 Å². The van der Waals surface area contributed by atoms with Crippen molar-refractivity contribution in [2.45, 2.75) is 69.4 Å². The van der Waals surface area contributed by atoms with Crippen LogP contribution in [0.1, 0.15) is 44.9 Å². The molecule has 0 saturated heterocycles. The van der Waals surface area contributed by atoms with Crippen molar-refractivity contribution in [2.75, 3.05) is 19.7 Å². The van der Waals surface area contributed by atoms with Gasteiger partial charge in [0, 0.05) is 25.0 Å². The standard InChI is InChI=1S/C25H32F3IN2O5/c26-25(27,28)15-31(22(33)10-9-16-5-1-2-6-16)19-13-17(24(35)30-11-12-32)14-21(23(19)34)36-20-8-4-3-7-18(20)29/h3-4,7-8,14,16,19,21,23,32,34H,1-2,5-6,9-13,15H2,(H,30,35). The van der Waals surface area contributed by atoms with Crippen LogP contribution in [0.15, 0.2) is 35.9 Å². The molecule has 7 nitrogen and oxygen atoms in total. The number of rotatable bonds is 10. The van der Waals surface area contributed by atoms with Gasteiger partial charge in [-0.3, -0.25) is 9.59 Å². The van der Waals surface area contributed by atoms with Gasteiger partial charge in [-0.2, -0.15) is 13.2 Å². The molecule has 1 fully saturated rings. The Bertz CT molecular complexity index is 937. The number of ether oxygens (including phenoxy) is 1. The second kappa shape index (κ2) is 13.1. The summed E-state index contributed by atoms with van der Waals surface area (Å²) >= 11 is 2.03. The molecule has 200 valence electrons. The SMILES string of the molecule is O=C(NCCO)C1=CC(Oc2ccccc2I)C(O)C(N(CC(F)(F)F)C(=O)CCC2CCCC2)C1. The predicted molar refractivity (Wildman–Crippen MR) is 135 cm³/mol. The van der Waals surface area contributed by atoms with E-state index in [0.717, 1.165) is 25.7 Å². The normalized spacial score (nSPS) is 22.7. The molecule has 2 amide bonds. The Kier molecular flexibility index (Phi) is 10.4. The van der Waals surface area contributed by atoms with E-state index in [-0.39, 0.29) is 31.6 Å². The van der Waals surface area contributed by atoms with Crippen molar-refractivity contribution in [3.8, 4) is 5.75 Å². The van der Waals surface area contributed by atoms with E-state index in [4.69, 9.17) is 9.84 Å². The first kappa shape index (κ1) is 28.7. The number of nitrogens with zero attached hydrogens (tertiary/aromatic N) is 1. The molecular weight excluding hydrogens is 592 g/mol. The van der Waals surface area contributed by atoms with Crippen molar-refractivity contribution in [3.63, 3.8) is 0 Å². The highest BCUT2D eigenvalue weighted by Crippen LogP contribution is 2.33. The summed E-state index contributed by atoms with van der Waals surface area (Å²) in [6, 6.07) is 5.60. The number of aliphatic hydroxyl groups is 2. The molecule has 0 bridgehead atoms. The number of nitrogens with one attached hydrogen (secondary N) is 1. The molecule has 0 heterocycles. The fraction of sp³-hybridized carbons (Fsp3) is 0.600. The van der Waals surface area contributed by atoms with Crippen LogP contribution in [0.2, 0.25) is 0 Å². The highest BCUT2D eigenvalue weighted by atomic mass is 127. The molecule has 0 aromatic heterocycles. The Hall–Kier alpha value is -1.86. The van der Waals surface area contributed by atoms with E-state index in [2.05, 4.69) is 5.32 Å². The lowest BCUT2D eigenvalue weighted by molar-refractivity contribution is -0.172. The van der Waals surface area contributed by atoms with Crippen LogP contribution in [0, 0.1) is 9.49 Å². The summed E-state index contributed by atoms with van der Waals surface area (Å²) in [7, 11) is 0. The van der Waals surface area contributed by atoms with Gasteiger partial charge >= 0.3 is 6.18 Å². The monoisotopic (exact) mass is 624 g/mol. The van der Waals surface area contributed by atoms with Crippen LogP contribution in [0.4, 0.5) is 13.2 Å². The summed E-state index contributed by atoms with van der Waals surface area (Å²) in [6.07, 6.45) is -1.75. The van der Waals surface area contributed by atoms with E-state index >= 15 is 0 Å². The number of carbonyl (C=O) groups excluding carboxylic acids is 2. The summed E-state index contributed by atoms with van der Waals surface area (Å²) in [5.41, 5.74) is 0.0884. The third-order valence-electron chi connectivity index (χ3n) is 6.63. The van der Waals surface area contributed by atoms with Crippen LogP contribution in [-0.4, -0.2) is 71.0 Å². The van der Waals surface area contributed by atoms with Crippen LogP contribution >= 0.6 is 22.6 Å². The molecule has 1 aromatic carbocycles. The minimum atomic E-state index is -4.69. The number of benzene rings is 1. The Morgan fingerprint density at radius 3 is 2.53 bits per heavy atom. The maximum Gasteiger partial charge on any atom is 0.406 e. The minimum Gasteiger partial charge on any atom is -0.482 e. The number of aliphatic hydroxyl groups excluding tert-OH is 2. The zero-order valence-electron chi connectivity index (χ0n) is 19.8. The van der Waals surface area contributed by atoms with E-state index in [0.29, 0.717) is 26.6 Å². The Morgan fingerprint density at radius 2 is 1.89 bits per heavy atom. The molecule has 1 saturated carbocycles. The van der Waals surface area contributed by atoms with Crippen molar-refractivity contribution >= 4 is 34.4 Å². The summed E-state index contributed by atoms with van der Waals surface area (Å²) in [5.74, 6) is -0.589. The predicted octanol–water partition coefficient (Wildman–Crippen LogP) is 3.57. The number of alkyl halides is 3. The fourth-order valence-corrected chi connectivity index (χ4v) is 5.33. The van der Waals surface area contributed by atoms with Crippen LogP contribution in [0.3, 0.4) is 0 Å². The van der Waals surface area contributed by atoms with E-state index in [1.54, 1.807) is 24.3 Å². The molecule has 3 unspecified atom stereocenters. The largest absolute Gasteiger partial charge is 0.482 e. The molecule has 2 aliphatic carbocycles. The van der Waals surface area contributed by atoms with Gasteiger partial charge in [-0.15, -0.1) is 0 Å². The lowest BCUT2D eigenvalue weighted by Crippen LogP contribution is -2.57. The van der Waals surface area contributed by atoms with E-state index in [1.165, 1.54) is 6.08 Å². The van der Waals surface area contributed by atoms with Gasteiger partial charge in [0.2, 0.25) is 11.8 Å². The Balaban J connectivity index is 1.88. The van der Waals surface area contributed by atoms with Crippen molar-refractivity contribution in [1.82, 2.24) is 10.2 Å². The topological polar surface area (TPSA) is 99.1 Å². The minimum absolute atomic E-state index is 0.0436. The number of carbonyl (C=O) groups is 2. The summed E-state index contributed by atoms with van der Waals surface area (Å²) in [4.78, 5) is 26.5. The van der Waals surface area contributed by atoms with E-state index in [1.807, 2.05) is 22.6 Å². The first-order valence-electron chi connectivity index (χ1n) is 12.1. The lowest BCUT2D eigenvalue weighted by Gasteiger charge is -2.41. The first-order chi connectivity index (χ1) is 17.1. The molecule has 3 atom stereocenters. The fourth-order valence-electron chi connectivity index (χ4n) is 4.82. The maximum absolute atomic E-state index is 13.6. The summed E-state index contributed by atoms with van der Waals surface area (Å²) in [5, 5.41) is 22.7. The van der Waals surface area contributed by atoms with Gasteiger partial charge in [0.25, 0.3) is 0 Å². The molecule has 11 heteroatoms. The number of hydrogen-bond donors (Lipinski definition) is 3. The molecule has 0 radical (unpaired) electrons. The number of para-hydroxylation sites is 1. The molecule has 1 aromatic rings. The van der Waals surface area contributed by atoms with Crippen molar-refractivity contribution < 1.29 is 37.7 Å². The number of halogens is 4. The number of hydrogen-bond acceptors (Lipinski definition) is 5. The average molecular weight is 624 g/mol. The van der Waals surface area contributed by atoms with Gasteiger partial charge in [-0.1, -0.05) is 37.8 Å². The molecule has 2 aliphatic rings. The van der Waals surface area contributed by atoms with Gasteiger partial charge in [-0.25, -0.2) is 0 Å². The molecular formula is C25H32F3IN2O5. The molecule has 3 rings (SSSR count). The molecule has 3 N–H and O–H groups in total. The van der Waals surface area contributed by atoms with Crippen LogP contribution in [0.25, 0.3) is 0 Å². The number of amides is 2. The zero-order chi connectivity index (χ0) is 26.3. The van der Waals surface area contributed by atoms with E-state index in [9.17, 15) is 27.9 Å². The van der Waals surface area contributed by atoms with Gasteiger partial charge in [0.1, 0.15) is 24.5 Å². The maximum atomic E-state index is 13.6. The van der Waals surface area contributed by atoms with Crippen LogP contribution < -0.4 is 10.1 Å². The zero-order valence-corrected chi connectivity index (χ0v) is 22.0. The lowest BCUT2D eigenvalue weighted by atomic mass is 9.87. The van der Waals surface area contributed by atoms with Gasteiger partial charge in [-0.05, 0) is 53.1 Å². The average Bonchev–Trinajstić information content (AvgIpc) is 3.35. The van der Waals surface area contributed by atoms with Crippen LogP contribution in [0.5, 0.6) is 5.75 Å². The second-order valence-electron chi connectivity index (χ2n) is 9.27. The molecule has 36 heavy (non-hydrogen) atoms. The van der Waals surface area contributed by atoms with E-state index < -0.39 is 42.8 Å². The highest BCUT2D eigenvalue weighted by molar-refractivity contribution is 14.1. The second-order valence-corrected chi connectivity index (χ2v) is 10.4. The van der Waals surface area contributed by atoms with Crippen molar-refractivity contribution in [2.24, 2.45) is 5.92 Å². The smallest absolute Gasteiger partial charge is 0.406 e. The first-order valence-corrected chi connectivity index (χ1v) is 13.2. The van der Waals surface area contributed by atoms with Crippen LogP contribution in [-0.2, 0) is 9.59 Å². The van der Waals surface area contributed by atoms with Gasteiger partial charge in [0.15, 0.2) is 0 Å². The Morgan fingerprint density at radius 1 is 1.19 bits per heavy atom. The molecule has 0 aliphatic heterocycles. The molecule has 0 spiro atoms. The third kappa shape index (κ3) is 8.07. The van der Waals surface area contributed by atoms with Gasteiger partial charge in [0.05, 0.1) is 16.2 Å². The van der Waals surface area contributed by atoms with Crippen molar-refractivity contribution in [3.05, 3.63) is 39.5 Å². The Labute approximate surface area is 222 Å². The summed E-state index contributed by atoms with van der Waals surface area (Å²) in [6.45, 7) is -1.88. The third-order valence-corrected chi connectivity index (χ3v) is 7.52.